The molecule has 1 fully saturated rings. The number of ether oxygens (including phenoxy) is 1. The lowest BCUT2D eigenvalue weighted by Crippen LogP contribution is -2.49. The van der Waals surface area contributed by atoms with Crippen LogP contribution in [0, 0.1) is 5.82 Å². The van der Waals surface area contributed by atoms with E-state index < -0.39 is 11.8 Å². The van der Waals surface area contributed by atoms with Crippen LogP contribution in [0.4, 0.5) is 4.39 Å². The zero-order valence-electron chi connectivity index (χ0n) is 12.2. The molecular weight excluding hydrogens is 259 g/mol. The van der Waals surface area contributed by atoms with E-state index in [-0.39, 0.29) is 5.56 Å². The topological polar surface area (TPSA) is 32.8 Å². The molecule has 0 N–H and O–H groups in total. The van der Waals surface area contributed by atoms with Crippen molar-refractivity contribution in [2.75, 3.05) is 33.8 Å². The maximum atomic E-state index is 13.9. The molecule has 0 aromatic heterocycles. The number of carbonyl (C=O) groups excluding carboxylic acids is 1. The Labute approximate surface area is 119 Å². The van der Waals surface area contributed by atoms with Crippen molar-refractivity contribution in [2.45, 2.75) is 19.5 Å². The summed E-state index contributed by atoms with van der Waals surface area (Å²) in [6.07, 6.45) is 0. The lowest BCUT2D eigenvalue weighted by molar-refractivity contribution is 0.0595. The molecule has 0 radical (unpaired) electrons. The number of hydrogen-bond acceptors (Lipinski definition) is 4. The quantitative estimate of drug-likeness (QED) is 0.790. The van der Waals surface area contributed by atoms with Crippen LogP contribution >= 0.6 is 0 Å². The van der Waals surface area contributed by atoms with Gasteiger partial charge >= 0.3 is 5.97 Å². The molecule has 4 nitrogen and oxygen atoms in total. The minimum Gasteiger partial charge on any atom is -0.465 e. The predicted octanol–water partition coefficient (Wildman–Crippen LogP) is 1.75. The highest BCUT2D eigenvalue weighted by Gasteiger charge is 2.22. The fraction of sp³-hybridized carbons (Fsp3) is 0.533. The van der Waals surface area contributed by atoms with Crippen molar-refractivity contribution in [1.82, 2.24) is 9.80 Å². The molecule has 2 rings (SSSR count). The lowest BCUT2D eigenvalue weighted by atomic mass is 10.1. The molecule has 5 heteroatoms. The Morgan fingerprint density at radius 3 is 2.80 bits per heavy atom. The van der Waals surface area contributed by atoms with Gasteiger partial charge in [0.2, 0.25) is 0 Å². The molecule has 0 amide bonds. The van der Waals surface area contributed by atoms with Crippen LogP contribution in [0.5, 0.6) is 0 Å². The van der Waals surface area contributed by atoms with Gasteiger partial charge in [0.1, 0.15) is 5.82 Å². The largest absolute Gasteiger partial charge is 0.465 e. The van der Waals surface area contributed by atoms with Gasteiger partial charge in [-0.3, -0.25) is 4.90 Å². The predicted molar refractivity (Wildman–Crippen MR) is 75.1 cm³/mol. The summed E-state index contributed by atoms with van der Waals surface area (Å²) in [6, 6.07) is 5.16. The van der Waals surface area contributed by atoms with Gasteiger partial charge in [-0.25, -0.2) is 9.18 Å². The van der Waals surface area contributed by atoms with Gasteiger partial charge in [0, 0.05) is 32.2 Å². The number of nitrogens with zero attached hydrogens (tertiary/aromatic N) is 2. The van der Waals surface area contributed by atoms with E-state index in [0.717, 1.165) is 25.2 Å². The first-order chi connectivity index (χ1) is 9.51. The van der Waals surface area contributed by atoms with E-state index in [1.54, 1.807) is 6.07 Å². The number of carbonyl (C=O) groups is 1. The van der Waals surface area contributed by atoms with Crippen LogP contribution in [0.1, 0.15) is 22.8 Å². The van der Waals surface area contributed by atoms with Crippen LogP contribution in [0.25, 0.3) is 0 Å². The van der Waals surface area contributed by atoms with Crippen molar-refractivity contribution in [2.24, 2.45) is 0 Å². The van der Waals surface area contributed by atoms with Gasteiger partial charge in [-0.2, -0.15) is 0 Å². The minimum atomic E-state index is -0.637. The molecule has 0 bridgehead atoms. The Morgan fingerprint density at radius 1 is 1.45 bits per heavy atom. The third kappa shape index (κ3) is 3.35. The first kappa shape index (κ1) is 14.9. The standard InChI is InChI=1S/C15H21FN2O2/c1-11-9-17(2)6-7-18(11)10-12-4-5-13(14(16)8-12)15(19)20-3/h4-5,8,11H,6-7,9-10H2,1-3H3. The maximum Gasteiger partial charge on any atom is 0.340 e. The Hall–Kier alpha value is -1.46. The van der Waals surface area contributed by atoms with Crippen molar-refractivity contribution < 1.29 is 13.9 Å². The first-order valence-corrected chi connectivity index (χ1v) is 6.80. The molecule has 1 aliphatic rings. The number of methoxy groups -OCH3 is 1. The SMILES string of the molecule is COC(=O)c1ccc(CN2CCN(C)CC2C)cc1F. The highest BCUT2D eigenvalue weighted by molar-refractivity contribution is 5.89. The fourth-order valence-electron chi connectivity index (χ4n) is 2.58. The third-order valence-electron chi connectivity index (χ3n) is 3.79. The summed E-state index contributed by atoms with van der Waals surface area (Å²) in [5.41, 5.74) is 0.870. The van der Waals surface area contributed by atoms with Gasteiger partial charge in [0.15, 0.2) is 0 Å². The Balaban J connectivity index is 2.07. The van der Waals surface area contributed by atoms with Gasteiger partial charge in [-0.1, -0.05) is 6.07 Å². The van der Waals surface area contributed by atoms with Crippen LogP contribution in [-0.4, -0.2) is 55.6 Å². The lowest BCUT2D eigenvalue weighted by Gasteiger charge is -2.38. The van der Waals surface area contributed by atoms with Crippen molar-refractivity contribution in [3.63, 3.8) is 0 Å². The number of benzene rings is 1. The second-order valence-electron chi connectivity index (χ2n) is 5.39. The molecule has 1 aromatic rings. The molecule has 1 heterocycles. The number of hydrogen-bond donors (Lipinski definition) is 0. The first-order valence-electron chi connectivity index (χ1n) is 6.80. The highest BCUT2D eigenvalue weighted by Crippen LogP contribution is 2.16. The fourth-order valence-corrected chi connectivity index (χ4v) is 2.58. The van der Waals surface area contributed by atoms with Crippen LogP contribution in [0.2, 0.25) is 0 Å². The average molecular weight is 280 g/mol. The number of likely N-dealkylation sites (N-methyl/N-ethyl adjacent to an activating group) is 1. The van der Waals surface area contributed by atoms with E-state index in [1.165, 1.54) is 19.2 Å². The van der Waals surface area contributed by atoms with Crippen molar-refractivity contribution in [1.29, 1.82) is 0 Å². The van der Waals surface area contributed by atoms with Gasteiger partial charge in [0.25, 0.3) is 0 Å². The summed E-state index contributed by atoms with van der Waals surface area (Å²) in [4.78, 5) is 16.0. The normalized spacial score (nSPS) is 20.9. The van der Waals surface area contributed by atoms with E-state index in [4.69, 9.17) is 0 Å². The van der Waals surface area contributed by atoms with Crippen molar-refractivity contribution in [3.8, 4) is 0 Å². The summed E-state index contributed by atoms with van der Waals surface area (Å²) in [6.45, 7) is 5.88. The third-order valence-corrected chi connectivity index (χ3v) is 3.79. The van der Waals surface area contributed by atoms with Crippen molar-refractivity contribution in [3.05, 3.63) is 35.1 Å². The molecule has 0 spiro atoms. The van der Waals surface area contributed by atoms with E-state index >= 15 is 0 Å². The number of halogens is 1. The summed E-state index contributed by atoms with van der Waals surface area (Å²) in [5, 5.41) is 0. The zero-order chi connectivity index (χ0) is 14.7. The Bertz CT molecular complexity index is 493. The molecule has 0 aliphatic carbocycles. The molecule has 1 aliphatic heterocycles. The van der Waals surface area contributed by atoms with Crippen molar-refractivity contribution >= 4 is 5.97 Å². The maximum absolute atomic E-state index is 13.9. The molecule has 110 valence electrons. The number of rotatable bonds is 3. The van der Waals surface area contributed by atoms with E-state index in [0.29, 0.717) is 12.6 Å². The van der Waals surface area contributed by atoms with Crippen LogP contribution < -0.4 is 0 Å². The van der Waals surface area contributed by atoms with Crippen LogP contribution in [0.15, 0.2) is 18.2 Å². The Kier molecular flexibility index (Phi) is 4.73. The summed E-state index contributed by atoms with van der Waals surface area (Å²) in [5.74, 6) is -1.15. The molecule has 1 unspecified atom stereocenters. The molecular formula is C15H21FN2O2. The van der Waals surface area contributed by atoms with Gasteiger partial charge in [-0.05, 0) is 31.7 Å². The summed E-state index contributed by atoms with van der Waals surface area (Å²) >= 11 is 0. The average Bonchev–Trinajstić information content (AvgIpc) is 2.41. The Morgan fingerprint density at radius 2 is 2.20 bits per heavy atom. The van der Waals surface area contributed by atoms with Gasteiger partial charge < -0.3 is 9.64 Å². The second kappa shape index (κ2) is 6.33. The van der Waals surface area contributed by atoms with Crippen LogP contribution in [0.3, 0.4) is 0 Å². The van der Waals surface area contributed by atoms with E-state index in [9.17, 15) is 9.18 Å². The zero-order valence-corrected chi connectivity index (χ0v) is 12.2. The van der Waals surface area contributed by atoms with E-state index in [2.05, 4.69) is 28.5 Å². The summed E-state index contributed by atoms with van der Waals surface area (Å²) < 4.78 is 18.4. The summed E-state index contributed by atoms with van der Waals surface area (Å²) in [7, 11) is 3.36. The smallest absolute Gasteiger partial charge is 0.340 e. The molecule has 1 aromatic carbocycles. The molecule has 1 saturated heterocycles. The number of piperazine rings is 1. The second-order valence-corrected chi connectivity index (χ2v) is 5.39. The number of esters is 1. The molecule has 20 heavy (non-hydrogen) atoms. The van der Waals surface area contributed by atoms with Gasteiger partial charge in [-0.15, -0.1) is 0 Å². The van der Waals surface area contributed by atoms with Crippen LogP contribution in [-0.2, 0) is 11.3 Å². The van der Waals surface area contributed by atoms with E-state index in [1.807, 2.05) is 0 Å². The molecule has 1 atom stereocenters. The minimum absolute atomic E-state index is 0.0114. The molecule has 0 saturated carbocycles. The highest BCUT2D eigenvalue weighted by atomic mass is 19.1. The van der Waals surface area contributed by atoms with Gasteiger partial charge in [0.05, 0.1) is 12.7 Å². The monoisotopic (exact) mass is 280 g/mol.